The highest BCUT2D eigenvalue weighted by molar-refractivity contribution is 7.90. The first kappa shape index (κ1) is 19.2. The highest BCUT2D eigenvalue weighted by Crippen LogP contribution is 2.36. The van der Waals surface area contributed by atoms with E-state index in [1.807, 2.05) is 58.0 Å². The van der Waals surface area contributed by atoms with Crippen molar-refractivity contribution in [3.63, 3.8) is 0 Å². The summed E-state index contributed by atoms with van der Waals surface area (Å²) in [5.41, 5.74) is 1.28. The maximum atomic E-state index is 12.7. The van der Waals surface area contributed by atoms with E-state index < -0.39 is 28.2 Å². The molecule has 1 fully saturated rings. The molecule has 3 aromatic rings. The van der Waals surface area contributed by atoms with Gasteiger partial charge in [-0.3, -0.25) is 0 Å². The summed E-state index contributed by atoms with van der Waals surface area (Å²) in [6.45, 7) is 8.01. The van der Waals surface area contributed by atoms with E-state index in [1.54, 1.807) is 24.3 Å². The number of para-hydroxylation sites is 1. The molecule has 0 bridgehead atoms. The quantitative estimate of drug-likeness (QED) is 0.627. The van der Waals surface area contributed by atoms with Crippen molar-refractivity contribution in [1.82, 2.24) is 0 Å². The van der Waals surface area contributed by atoms with Crippen molar-refractivity contribution >= 4 is 33.4 Å². The van der Waals surface area contributed by atoms with Crippen LogP contribution in [0.5, 0.6) is 0 Å². The number of benzene rings is 2. The van der Waals surface area contributed by atoms with Crippen LogP contribution >= 0.6 is 0 Å². The van der Waals surface area contributed by atoms with Crippen molar-refractivity contribution in [2.24, 2.45) is 0 Å². The number of rotatable bonds is 4. The normalized spacial score (nSPS) is 18.6. The molecule has 0 unspecified atom stereocenters. The van der Waals surface area contributed by atoms with Crippen LogP contribution in [0.3, 0.4) is 0 Å². The minimum atomic E-state index is -3.57. The van der Waals surface area contributed by atoms with Crippen molar-refractivity contribution in [2.45, 2.75) is 49.7 Å². The zero-order valence-electron chi connectivity index (χ0n) is 16.4. The molecule has 1 aliphatic heterocycles. The fourth-order valence-electron chi connectivity index (χ4n) is 3.15. The molecular weight excluding hydrogens is 375 g/mol. The molecule has 5 nitrogen and oxygen atoms in total. The van der Waals surface area contributed by atoms with Gasteiger partial charge in [0.1, 0.15) is 5.58 Å². The van der Waals surface area contributed by atoms with Gasteiger partial charge in [-0.05, 0) is 44.8 Å². The number of furan rings is 1. The first-order valence-corrected chi connectivity index (χ1v) is 10.9. The van der Waals surface area contributed by atoms with Crippen LogP contribution in [0.2, 0.25) is 0 Å². The van der Waals surface area contributed by atoms with E-state index >= 15 is 0 Å². The molecule has 2 aromatic carbocycles. The largest absolute Gasteiger partial charge is 0.494 e. The van der Waals surface area contributed by atoms with E-state index in [4.69, 9.17) is 13.7 Å². The average molecular weight is 398 g/mol. The summed E-state index contributed by atoms with van der Waals surface area (Å²) in [5, 5.41) is 0.765. The molecule has 4 rings (SSSR count). The lowest BCUT2D eigenvalue weighted by Gasteiger charge is -2.32. The number of fused-ring (bicyclic) bond motifs is 1. The Balaban J connectivity index is 1.53. The molecule has 28 heavy (non-hydrogen) atoms. The zero-order chi connectivity index (χ0) is 20.2. The Morgan fingerprint density at radius 1 is 0.893 bits per heavy atom. The second-order valence-electron chi connectivity index (χ2n) is 8.19. The van der Waals surface area contributed by atoms with Crippen LogP contribution in [0.4, 0.5) is 0 Å². The lowest BCUT2D eigenvalue weighted by molar-refractivity contribution is 0.00578. The Bertz CT molecular complexity index is 1060. The van der Waals surface area contributed by atoms with Gasteiger partial charge in [0, 0.05) is 11.5 Å². The third-order valence-electron chi connectivity index (χ3n) is 5.57. The second-order valence-corrected chi connectivity index (χ2v) is 10.1. The number of sulfone groups is 1. The first-order chi connectivity index (χ1) is 13.1. The standard InChI is InChI=1S/C21H23BO5S/c1-20(2)21(3,4)27-22(26-20)17-11-9-15(10-12-17)14-28(23,24)19-13-16-7-5-6-8-18(16)25-19/h5-13H,14H2,1-4H3. The molecule has 1 aliphatic rings. The van der Waals surface area contributed by atoms with Gasteiger partial charge in [-0.1, -0.05) is 42.5 Å². The van der Waals surface area contributed by atoms with Crippen LogP contribution in [0, 0.1) is 0 Å². The van der Waals surface area contributed by atoms with E-state index in [9.17, 15) is 8.42 Å². The highest BCUT2D eigenvalue weighted by atomic mass is 32.2. The maximum absolute atomic E-state index is 12.7. The second kappa shape index (κ2) is 6.47. The van der Waals surface area contributed by atoms with Crippen molar-refractivity contribution in [1.29, 1.82) is 0 Å². The molecule has 7 heteroatoms. The van der Waals surface area contributed by atoms with Crippen LogP contribution in [0.25, 0.3) is 11.0 Å². The van der Waals surface area contributed by atoms with E-state index in [-0.39, 0.29) is 10.8 Å². The molecule has 2 heterocycles. The fraction of sp³-hybridized carbons (Fsp3) is 0.333. The first-order valence-electron chi connectivity index (χ1n) is 9.23. The molecule has 146 valence electrons. The van der Waals surface area contributed by atoms with Gasteiger partial charge in [-0.25, -0.2) is 8.42 Å². The summed E-state index contributed by atoms with van der Waals surface area (Å²) in [5.74, 6) is -0.129. The van der Waals surface area contributed by atoms with E-state index in [0.717, 1.165) is 10.8 Å². The van der Waals surface area contributed by atoms with Gasteiger partial charge in [0.15, 0.2) is 0 Å². The lowest BCUT2D eigenvalue weighted by atomic mass is 9.79. The maximum Gasteiger partial charge on any atom is 0.494 e. The smallest absolute Gasteiger partial charge is 0.445 e. The third kappa shape index (κ3) is 3.38. The van der Waals surface area contributed by atoms with Gasteiger partial charge in [0.25, 0.3) is 0 Å². The summed E-state index contributed by atoms with van der Waals surface area (Å²) in [4.78, 5) is 0. The van der Waals surface area contributed by atoms with Crippen molar-refractivity contribution in [3.05, 3.63) is 60.2 Å². The fourth-order valence-corrected chi connectivity index (χ4v) is 4.45. The molecule has 1 aromatic heterocycles. The minimum absolute atomic E-state index is 0.0104. The molecular formula is C21H23BO5S. The predicted molar refractivity (Wildman–Crippen MR) is 109 cm³/mol. The van der Waals surface area contributed by atoms with Gasteiger partial charge >= 0.3 is 7.12 Å². The summed E-state index contributed by atoms with van der Waals surface area (Å²) in [6, 6.07) is 16.1. The summed E-state index contributed by atoms with van der Waals surface area (Å²) in [6.07, 6.45) is 0. The number of hydrogen-bond acceptors (Lipinski definition) is 5. The Kier molecular flexibility index (Phi) is 4.45. The van der Waals surface area contributed by atoms with Crippen molar-refractivity contribution in [3.8, 4) is 0 Å². The summed E-state index contributed by atoms with van der Waals surface area (Å²) in [7, 11) is -4.04. The molecule has 0 radical (unpaired) electrons. The number of hydrogen-bond donors (Lipinski definition) is 0. The van der Waals surface area contributed by atoms with Gasteiger partial charge < -0.3 is 13.7 Å². The van der Waals surface area contributed by atoms with Crippen molar-refractivity contribution in [2.75, 3.05) is 0 Å². The SMILES string of the molecule is CC1(C)OB(c2ccc(CS(=O)(=O)c3cc4ccccc4o3)cc2)OC1(C)C. The molecule has 0 saturated carbocycles. The van der Waals surface area contributed by atoms with Crippen LogP contribution in [0.15, 0.2) is 64.1 Å². The monoisotopic (exact) mass is 398 g/mol. The molecule has 0 amide bonds. The summed E-state index contributed by atoms with van der Waals surface area (Å²) >= 11 is 0. The van der Waals surface area contributed by atoms with Gasteiger partial charge in [0.2, 0.25) is 14.9 Å². The lowest BCUT2D eigenvalue weighted by Crippen LogP contribution is -2.41. The predicted octanol–water partition coefficient (Wildman–Crippen LogP) is 3.71. The molecule has 0 atom stereocenters. The molecule has 1 saturated heterocycles. The van der Waals surface area contributed by atoms with Gasteiger partial charge in [-0.15, -0.1) is 0 Å². The third-order valence-corrected chi connectivity index (χ3v) is 7.10. The highest BCUT2D eigenvalue weighted by Gasteiger charge is 2.51. The Labute approximate surface area is 165 Å². The van der Waals surface area contributed by atoms with Crippen LogP contribution in [-0.2, 0) is 24.9 Å². The minimum Gasteiger partial charge on any atom is -0.445 e. The van der Waals surface area contributed by atoms with Crippen molar-refractivity contribution < 1.29 is 22.1 Å². The van der Waals surface area contributed by atoms with Crippen LogP contribution in [-0.4, -0.2) is 26.7 Å². The van der Waals surface area contributed by atoms with Crippen LogP contribution in [0.1, 0.15) is 33.3 Å². The summed E-state index contributed by atoms with van der Waals surface area (Å²) < 4.78 is 43.1. The molecule has 0 spiro atoms. The van der Waals surface area contributed by atoms with Gasteiger partial charge in [-0.2, -0.15) is 0 Å². The molecule has 0 aliphatic carbocycles. The zero-order valence-corrected chi connectivity index (χ0v) is 17.2. The Hall–Kier alpha value is -2.09. The Morgan fingerprint density at radius 3 is 2.11 bits per heavy atom. The van der Waals surface area contributed by atoms with E-state index in [1.165, 1.54) is 0 Å². The van der Waals surface area contributed by atoms with E-state index in [2.05, 4.69) is 0 Å². The van der Waals surface area contributed by atoms with Crippen LogP contribution < -0.4 is 5.46 Å². The Morgan fingerprint density at radius 2 is 1.50 bits per heavy atom. The van der Waals surface area contributed by atoms with E-state index in [0.29, 0.717) is 11.1 Å². The topological polar surface area (TPSA) is 65.7 Å². The average Bonchev–Trinajstić information content (AvgIpc) is 3.14. The molecule has 0 N–H and O–H groups in total. The van der Waals surface area contributed by atoms with Gasteiger partial charge in [0.05, 0.1) is 17.0 Å².